The molecule has 3 aliphatic heterocycles. The van der Waals surface area contributed by atoms with Gasteiger partial charge < -0.3 is 24.4 Å². The van der Waals surface area contributed by atoms with Crippen LogP contribution in [0, 0.1) is 25.7 Å². The summed E-state index contributed by atoms with van der Waals surface area (Å²) in [6.45, 7) is 9.98. The van der Waals surface area contributed by atoms with Crippen molar-refractivity contribution in [3.8, 4) is 0 Å². The highest BCUT2D eigenvalue weighted by Gasteiger charge is 2.77. The molecule has 35 heavy (non-hydrogen) atoms. The zero-order chi connectivity index (χ0) is 25.5. The van der Waals surface area contributed by atoms with Gasteiger partial charge in [0, 0.05) is 30.2 Å². The van der Waals surface area contributed by atoms with Crippen LogP contribution in [0.5, 0.6) is 0 Å². The number of halogens is 1. The maximum atomic E-state index is 14.4. The molecule has 3 fully saturated rings. The van der Waals surface area contributed by atoms with Crippen molar-refractivity contribution in [1.82, 2.24) is 4.90 Å². The van der Waals surface area contributed by atoms with Crippen molar-refractivity contribution < 1.29 is 29.0 Å². The lowest BCUT2D eigenvalue weighted by molar-refractivity contribution is -0.154. The normalized spacial score (nSPS) is 30.9. The summed E-state index contributed by atoms with van der Waals surface area (Å²) in [6, 6.07) is 4.96. The summed E-state index contributed by atoms with van der Waals surface area (Å²) in [4.78, 5) is 44.1. The van der Waals surface area contributed by atoms with Gasteiger partial charge in [-0.1, -0.05) is 34.1 Å². The van der Waals surface area contributed by atoms with E-state index in [4.69, 9.17) is 9.47 Å². The van der Waals surface area contributed by atoms with E-state index in [-0.39, 0.29) is 42.9 Å². The number of aliphatic hydroxyl groups is 1. The van der Waals surface area contributed by atoms with Crippen molar-refractivity contribution in [3.63, 3.8) is 0 Å². The molecule has 1 N–H and O–H groups in total. The molecule has 0 radical (unpaired) electrons. The Balaban J connectivity index is 1.81. The average molecular weight is 549 g/mol. The monoisotopic (exact) mass is 548 g/mol. The Morgan fingerprint density at radius 1 is 1.40 bits per heavy atom. The molecule has 1 aromatic rings. The molecular formula is C26H33BrN2O6. The number of likely N-dealkylation sites (tertiary alicyclic amines) is 1. The third-order valence-corrected chi connectivity index (χ3v) is 8.22. The first-order valence-electron chi connectivity index (χ1n) is 12.1. The van der Waals surface area contributed by atoms with Gasteiger partial charge in [-0.2, -0.15) is 0 Å². The smallest absolute Gasteiger partial charge is 0.312 e. The standard InChI is InChI=1S/C26H33BrN2O6/c1-5-10-28(18-13-15(3)8-9-16(18)4)24(32)22-26-14-17(27)21(35-26)19(25(33)34-6-2)20(26)23(31)29(22)11-7-12-30/h5,8-9,13,17,19-22,30H,1,6-7,10-12,14H2,2-4H3/t17?,19-,20+,21-,22-,26+/m1/s1. The molecule has 8 nitrogen and oxygen atoms in total. The van der Waals surface area contributed by atoms with E-state index < -0.39 is 35.6 Å². The number of carbonyl (C=O) groups excluding carboxylic acids is 3. The van der Waals surface area contributed by atoms with Crippen molar-refractivity contribution in [3.05, 3.63) is 42.0 Å². The predicted octanol–water partition coefficient (Wildman–Crippen LogP) is 2.52. The summed E-state index contributed by atoms with van der Waals surface area (Å²) in [6.07, 6.45) is 1.84. The van der Waals surface area contributed by atoms with E-state index in [9.17, 15) is 19.5 Å². The molecule has 190 valence electrons. The molecule has 3 saturated heterocycles. The van der Waals surface area contributed by atoms with E-state index in [1.807, 2.05) is 32.0 Å². The Morgan fingerprint density at radius 3 is 2.80 bits per heavy atom. The fraction of sp³-hybridized carbons (Fsp3) is 0.577. The minimum atomic E-state index is -1.16. The van der Waals surface area contributed by atoms with Gasteiger partial charge in [-0.05, 0) is 50.8 Å². The quantitative estimate of drug-likeness (QED) is 0.289. The molecule has 2 bridgehead atoms. The second kappa shape index (κ2) is 10.0. The summed E-state index contributed by atoms with van der Waals surface area (Å²) in [5.74, 6) is -2.65. The van der Waals surface area contributed by atoms with Gasteiger partial charge in [0.05, 0.1) is 24.5 Å². The molecule has 4 rings (SSSR count). The predicted molar refractivity (Wildman–Crippen MR) is 134 cm³/mol. The Kier molecular flexibility index (Phi) is 7.41. The topological polar surface area (TPSA) is 96.4 Å². The molecular weight excluding hydrogens is 516 g/mol. The number of esters is 1. The maximum Gasteiger partial charge on any atom is 0.312 e. The van der Waals surface area contributed by atoms with Gasteiger partial charge in [-0.15, -0.1) is 6.58 Å². The number of ether oxygens (including phenoxy) is 2. The molecule has 1 aromatic carbocycles. The number of nitrogens with zero attached hydrogens (tertiary/aromatic N) is 2. The van der Waals surface area contributed by atoms with Gasteiger partial charge in [-0.3, -0.25) is 14.4 Å². The van der Waals surface area contributed by atoms with Gasteiger partial charge in [0.15, 0.2) is 0 Å². The molecule has 1 spiro atoms. The van der Waals surface area contributed by atoms with Crippen molar-refractivity contribution in [1.29, 1.82) is 0 Å². The Bertz CT molecular complexity index is 1030. The number of aliphatic hydroxyl groups excluding tert-OH is 1. The highest BCUT2D eigenvalue weighted by Crippen LogP contribution is 2.60. The minimum absolute atomic E-state index is 0.123. The fourth-order valence-corrected chi connectivity index (χ4v) is 6.93. The second-order valence-corrected chi connectivity index (χ2v) is 10.7. The largest absolute Gasteiger partial charge is 0.466 e. The number of rotatable bonds is 9. The van der Waals surface area contributed by atoms with Crippen molar-refractivity contribution in [2.75, 3.05) is 31.2 Å². The average Bonchev–Trinajstić information content (AvgIpc) is 3.41. The first-order chi connectivity index (χ1) is 16.7. The highest BCUT2D eigenvalue weighted by molar-refractivity contribution is 9.09. The summed E-state index contributed by atoms with van der Waals surface area (Å²) in [7, 11) is 0. The third kappa shape index (κ3) is 4.11. The van der Waals surface area contributed by atoms with Crippen LogP contribution in [0.15, 0.2) is 30.9 Å². The van der Waals surface area contributed by atoms with Crippen LogP contribution in [-0.4, -0.2) is 76.7 Å². The van der Waals surface area contributed by atoms with Crippen LogP contribution >= 0.6 is 15.9 Å². The van der Waals surface area contributed by atoms with E-state index in [2.05, 4.69) is 22.5 Å². The van der Waals surface area contributed by atoms with Crippen molar-refractivity contribution in [2.24, 2.45) is 11.8 Å². The van der Waals surface area contributed by atoms with Gasteiger partial charge in [0.2, 0.25) is 5.91 Å². The van der Waals surface area contributed by atoms with Crippen LogP contribution < -0.4 is 4.90 Å². The Labute approximate surface area is 214 Å². The lowest BCUT2D eigenvalue weighted by atomic mass is 9.70. The summed E-state index contributed by atoms with van der Waals surface area (Å²) in [5.41, 5.74) is 1.51. The molecule has 3 heterocycles. The lowest BCUT2D eigenvalue weighted by Crippen LogP contribution is -2.57. The van der Waals surface area contributed by atoms with Crippen molar-refractivity contribution >= 4 is 39.4 Å². The Hall–Kier alpha value is -2.23. The van der Waals surface area contributed by atoms with Gasteiger partial charge >= 0.3 is 5.97 Å². The zero-order valence-corrected chi connectivity index (χ0v) is 22.0. The molecule has 2 amide bonds. The molecule has 0 saturated carbocycles. The summed E-state index contributed by atoms with van der Waals surface area (Å²) >= 11 is 3.65. The van der Waals surface area contributed by atoms with E-state index in [0.29, 0.717) is 12.8 Å². The second-order valence-electron chi connectivity index (χ2n) is 9.55. The number of aryl methyl sites for hydroxylation is 2. The number of benzene rings is 1. The number of hydrogen-bond acceptors (Lipinski definition) is 6. The van der Waals surface area contributed by atoms with E-state index in [0.717, 1.165) is 16.8 Å². The lowest BCUT2D eigenvalue weighted by Gasteiger charge is -2.37. The van der Waals surface area contributed by atoms with Crippen LogP contribution in [0.3, 0.4) is 0 Å². The highest BCUT2D eigenvalue weighted by atomic mass is 79.9. The Morgan fingerprint density at radius 2 is 2.14 bits per heavy atom. The first kappa shape index (κ1) is 25.9. The van der Waals surface area contributed by atoms with Crippen LogP contribution in [-0.2, 0) is 23.9 Å². The van der Waals surface area contributed by atoms with E-state index >= 15 is 0 Å². The summed E-state index contributed by atoms with van der Waals surface area (Å²) in [5, 5.41) is 9.50. The molecule has 9 heteroatoms. The zero-order valence-electron chi connectivity index (χ0n) is 20.4. The number of fused-ring (bicyclic) bond motifs is 1. The number of alkyl halides is 1. The maximum absolute atomic E-state index is 14.4. The molecule has 0 aromatic heterocycles. The molecule has 1 unspecified atom stereocenters. The van der Waals surface area contributed by atoms with Gasteiger partial charge in [-0.25, -0.2) is 0 Å². The number of hydrogen-bond donors (Lipinski definition) is 1. The fourth-order valence-electron chi connectivity index (χ4n) is 5.99. The number of anilines is 1. The first-order valence-corrected chi connectivity index (χ1v) is 13.0. The van der Waals surface area contributed by atoms with Crippen LogP contribution in [0.2, 0.25) is 0 Å². The van der Waals surface area contributed by atoms with Gasteiger partial charge in [0.1, 0.15) is 11.6 Å². The minimum Gasteiger partial charge on any atom is -0.466 e. The van der Waals surface area contributed by atoms with Crippen LogP contribution in [0.1, 0.15) is 30.9 Å². The van der Waals surface area contributed by atoms with E-state index in [1.54, 1.807) is 17.9 Å². The van der Waals surface area contributed by atoms with Crippen molar-refractivity contribution in [2.45, 2.75) is 56.2 Å². The third-order valence-electron chi connectivity index (χ3n) is 7.37. The van der Waals surface area contributed by atoms with E-state index in [1.165, 1.54) is 4.90 Å². The summed E-state index contributed by atoms with van der Waals surface area (Å²) < 4.78 is 11.8. The number of carbonyl (C=O) groups is 3. The SMILES string of the molecule is C=CCN(C(=O)[C@H]1N(CCCO)C(=O)[C@@H]2[C@@H](C(=O)OCC)[C@@H]3O[C@@]21CC3Br)c1cc(C)ccc1C. The number of amides is 2. The van der Waals surface area contributed by atoms with Crippen LogP contribution in [0.25, 0.3) is 0 Å². The molecule has 3 aliphatic rings. The molecule has 0 aliphatic carbocycles. The molecule has 6 atom stereocenters. The van der Waals surface area contributed by atoms with Crippen LogP contribution in [0.4, 0.5) is 5.69 Å². The van der Waals surface area contributed by atoms with Gasteiger partial charge in [0.25, 0.3) is 5.91 Å².